The molecule has 1 aliphatic rings. The predicted molar refractivity (Wildman–Crippen MR) is 104 cm³/mol. The van der Waals surface area contributed by atoms with Crippen molar-refractivity contribution in [2.75, 3.05) is 11.9 Å². The monoisotopic (exact) mass is 414 g/mol. The van der Waals surface area contributed by atoms with Crippen LogP contribution in [0.3, 0.4) is 0 Å². The summed E-state index contributed by atoms with van der Waals surface area (Å²) < 4.78 is 27.3. The number of sulfonamides is 1. The lowest BCUT2D eigenvalue weighted by Gasteiger charge is -2.33. The lowest BCUT2D eigenvalue weighted by Crippen LogP contribution is -2.49. The predicted octanol–water partition coefficient (Wildman–Crippen LogP) is 2.65. The van der Waals surface area contributed by atoms with E-state index in [4.69, 9.17) is 5.26 Å². The number of anilines is 1. The van der Waals surface area contributed by atoms with Crippen LogP contribution in [0.5, 0.6) is 0 Å². The average molecular weight is 414 g/mol. The van der Waals surface area contributed by atoms with Crippen LogP contribution in [0, 0.1) is 21.4 Å². The third-order valence-electron chi connectivity index (χ3n) is 4.69. The highest BCUT2D eigenvalue weighted by Crippen LogP contribution is 2.27. The van der Waals surface area contributed by atoms with Crippen LogP contribution in [-0.4, -0.2) is 36.1 Å². The minimum Gasteiger partial charge on any atom is -0.325 e. The van der Waals surface area contributed by atoms with E-state index in [9.17, 15) is 23.3 Å². The van der Waals surface area contributed by atoms with Crippen molar-refractivity contribution in [1.82, 2.24) is 4.31 Å². The van der Waals surface area contributed by atoms with E-state index in [1.807, 2.05) is 6.07 Å². The molecule has 3 rings (SSSR count). The molecule has 1 amide bonds. The van der Waals surface area contributed by atoms with Crippen molar-refractivity contribution in [1.29, 1.82) is 5.26 Å². The molecule has 2 aromatic carbocycles. The Labute approximate surface area is 167 Å². The summed E-state index contributed by atoms with van der Waals surface area (Å²) in [7, 11) is -3.99. The molecule has 1 atom stereocenters. The first kappa shape index (κ1) is 20.4. The Kier molecular flexibility index (Phi) is 5.91. The fourth-order valence-corrected chi connectivity index (χ4v) is 4.84. The number of hydrogen-bond donors (Lipinski definition) is 1. The lowest BCUT2D eigenvalue weighted by molar-refractivity contribution is -0.384. The number of nitro benzene ring substituents is 1. The van der Waals surface area contributed by atoms with Crippen LogP contribution in [0.2, 0.25) is 0 Å². The third-order valence-corrected chi connectivity index (χ3v) is 6.61. The van der Waals surface area contributed by atoms with Gasteiger partial charge in [-0.05, 0) is 49.2 Å². The first-order valence-electron chi connectivity index (χ1n) is 8.90. The van der Waals surface area contributed by atoms with E-state index in [0.29, 0.717) is 30.5 Å². The van der Waals surface area contributed by atoms with Gasteiger partial charge in [-0.3, -0.25) is 14.9 Å². The highest BCUT2D eigenvalue weighted by molar-refractivity contribution is 7.89. The van der Waals surface area contributed by atoms with E-state index in [0.717, 1.165) is 16.4 Å². The van der Waals surface area contributed by atoms with Crippen LogP contribution in [0.1, 0.15) is 24.8 Å². The standard InChI is InChI=1S/C19H18N4O5S/c20-13-14-4-6-15(7-5-14)21-19(24)18-3-1-2-12-22(18)29(27,28)17-10-8-16(9-11-17)23(25)26/h4-11,18H,1-3,12H2,(H,21,24)/t18-/m1/s1. The summed E-state index contributed by atoms with van der Waals surface area (Å²) in [5.74, 6) is -0.458. The number of benzene rings is 2. The molecule has 29 heavy (non-hydrogen) atoms. The molecule has 1 N–H and O–H groups in total. The highest BCUT2D eigenvalue weighted by atomic mass is 32.2. The molecule has 0 radical (unpaired) electrons. The summed E-state index contributed by atoms with van der Waals surface area (Å²) in [5, 5.41) is 22.3. The largest absolute Gasteiger partial charge is 0.325 e. The Hall–Kier alpha value is -3.29. The molecule has 2 aromatic rings. The fraction of sp³-hybridized carbons (Fsp3) is 0.263. The summed E-state index contributed by atoms with van der Waals surface area (Å²) in [6.07, 6.45) is 1.69. The first-order chi connectivity index (χ1) is 13.8. The first-order valence-corrected chi connectivity index (χ1v) is 10.3. The minimum absolute atomic E-state index is 0.0961. The smallest absolute Gasteiger partial charge is 0.269 e. The molecule has 1 aliphatic heterocycles. The van der Waals surface area contributed by atoms with Gasteiger partial charge in [-0.1, -0.05) is 6.42 Å². The van der Waals surface area contributed by atoms with E-state index in [2.05, 4.69) is 5.32 Å². The van der Waals surface area contributed by atoms with Gasteiger partial charge in [0.15, 0.2) is 0 Å². The number of carbonyl (C=O) groups excluding carboxylic acids is 1. The molecule has 1 saturated heterocycles. The molecule has 9 nitrogen and oxygen atoms in total. The zero-order valence-corrected chi connectivity index (χ0v) is 16.1. The molecule has 10 heteroatoms. The Balaban J connectivity index is 1.83. The summed E-state index contributed by atoms with van der Waals surface area (Å²) in [4.78, 5) is 22.9. The maximum absolute atomic E-state index is 13.1. The summed E-state index contributed by atoms with van der Waals surface area (Å²) in [6.45, 7) is 0.185. The maximum atomic E-state index is 13.1. The lowest BCUT2D eigenvalue weighted by atomic mass is 10.0. The molecule has 1 fully saturated rings. The summed E-state index contributed by atoms with van der Waals surface area (Å²) >= 11 is 0. The van der Waals surface area contributed by atoms with Crippen LogP contribution in [0.15, 0.2) is 53.4 Å². The van der Waals surface area contributed by atoms with Crippen molar-refractivity contribution in [2.45, 2.75) is 30.2 Å². The summed E-state index contributed by atoms with van der Waals surface area (Å²) in [5.41, 5.74) is 0.702. The van der Waals surface area contributed by atoms with Crippen molar-refractivity contribution in [3.8, 4) is 6.07 Å². The van der Waals surface area contributed by atoms with E-state index in [1.165, 1.54) is 12.1 Å². The number of nitro groups is 1. The van der Waals surface area contributed by atoms with Gasteiger partial charge in [-0.2, -0.15) is 9.57 Å². The van der Waals surface area contributed by atoms with Gasteiger partial charge < -0.3 is 5.32 Å². The zero-order chi connectivity index (χ0) is 21.0. The molecule has 150 valence electrons. The van der Waals surface area contributed by atoms with Gasteiger partial charge in [-0.25, -0.2) is 8.42 Å². The Morgan fingerprint density at radius 1 is 1.14 bits per heavy atom. The van der Waals surface area contributed by atoms with Gasteiger partial charge in [0.2, 0.25) is 15.9 Å². The molecule has 1 heterocycles. The van der Waals surface area contributed by atoms with Crippen LogP contribution in [-0.2, 0) is 14.8 Å². The van der Waals surface area contributed by atoms with Crippen LogP contribution in [0.4, 0.5) is 11.4 Å². The average Bonchev–Trinajstić information content (AvgIpc) is 2.74. The van der Waals surface area contributed by atoms with Crippen molar-refractivity contribution < 1.29 is 18.1 Å². The Morgan fingerprint density at radius 2 is 1.79 bits per heavy atom. The molecule has 0 saturated carbocycles. The van der Waals surface area contributed by atoms with Crippen LogP contribution < -0.4 is 5.32 Å². The van der Waals surface area contributed by atoms with Crippen molar-refractivity contribution in [3.63, 3.8) is 0 Å². The van der Waals surface area contributed by atoms with Crippen LogP contribution in [0.25, 0.3) is 0 Å². The third kappa shape index (κ3) is 4.42. The van der Waals surface area contributed by atoms with Crippen molar-refractivity contribution in [2.24, 2.45) is 0 Å². The number of piperidine rings is 1. The van der Waals surface area contributed by atoms with Gasteiger partial charge in [0, 0.05) is 24.4 Å². The van der Waals surface area contributed by atoms with Gasteiger partial charge in [0.25, 0.3) is 5.69 Å². The minimum atomic E-state index is -3.99. The number of non-ortho nitro benzene ring substituents is 1. The number of nitrogens with one attached hydrogen (secondary N) is 1. The number of rotatable bonds is 5. The molecule has 0 aromatic heterocycles. The van der Waals surface area contributed by atoms with Gasteiger partial charge in [-0.15, -0.1) is 0 Å². The van der Waals surface area contributed by atoms with Crippen molar-refractivity contribution in [3.05, 3.63) is 64.2 Å². The molecular formula is C19H18N4O5S. The zero-order valence-electron chi connectivity index (χ0n) is 15.3. The fourth-order valence-electron chi connectivity index (χ4n) is 3.18. The molecule has 0 spiro atoms. The SMILES string of the molecule is N#Cc1ccc(NC(=O)[C@H]2CCCCN2S(=O)(=O)c2ccc([N+](=O)[O-])cc2)cc1. The maximum Gasteiger partial charge on any atom is 0.269 e. The normalized spacial score (nSPS) is 17.3. The highest BCUT2D eigenvalue weighted by Gasteiger charge is 2.37. The van der Waals surface area contributed by atoms with Gasteiger partial charge >= 0.3 is 0 Å². The molecule has 0 bridgehead atoms. The second-order valence-corrected chi connectivity index (χ2v) is 8.45. The number of hydrogen-bond acceptors (Lipinski definition) is 6. The number of amides is 1. The second kappa shape index (κ2) is 8.38. The van der Waals surface area contributed by atoms with E-state index < -0.39 is 26.9 Å². The second-order valence-electron chi connectivity index (χ2n) is 6.56. The van der Waals surface area contributed by atoms with E-state index in [-0.39, 0.29) is 17.1 Å². The Morgan fingerprint density at radius 3 is 2.38 bits per heavy atom. The quantitative estimate of drug-likeness (QED) is 0.590. The van der Waals surface area contributed by atoms with Gasteiger partial charge in [0.1, 0.15) is 6.04 Å². The molecule has 0 unspecified atom stereocenters. The topological polar surface area (TPSA) is 133 Å². The van der Waals surface area contributed by atoms with E-state index in [1.54, 1.807) is 24.3 Å². The summed E-state index contributed by atoms with van der Waals surface area (Å²) in [6, 6.07) is 12.0. The van der Waals surface area contributed by atoms with Gasteiger partial charge in [0.05, 0.1) is 21.5 Å². The number of carbonyl (C=O) groups is 1. The number of nitrogens with zero attached hydrogens (tertiary/aromatic N) is 3. The molecule has 0 aliphatic carbocycles. The number of nitriles is 1. The van der Waals surface area contributed by atoms with E-state index >= 15 is 0 Å². The molecular weight excluding hydrogens is 396 g/mol. The Bertz CT molecular complexity index is 1060. The van der Waals surface area contributed by atoms with Crippen LogP contribution >= 0.6 is 0 Å². The van der Waals surface area contributed by atoms with Crippen molar-refractivity contribution >= 4 is 27.3 Å².